The number of anilines is 2. The zero-order chi connectivity index (χ0) is 18.8. The topological polar surface area (TPSA) is 122 Å². The Hall–Kier alpha value is -1.70. The van der Waals surface area contributed by atoms with Gasteiger partial charge in [0.15, 0.2) is 0 Å². The second-order valence-corrected chi connectivity index (χ2v) is 8.92. The standard InChI is InChI=1S/C15H23N2O7P/c1-15(2,3)14(20)23-9-24-25(21,22)8-7-17-6-4-5-16-10-11(17)13(19)12(10)18/h16H,4-9H2,1-3H3,(H,21,22). The van der Waals surface area contributed by atoms with E-state index in [0.29, 0.717) is 19.5 Å². The van der Waals surface area contributed by atoms with E-state index in [2.05, 4.69) is 5.32 Å². The van der Waals surface area contributed by atoms with E-state index < -0.39 is 36.6 Å². The first kappa shape index (κ1) is 19.6. The number of nitrogens with zero attached hydrogens (tertiary/aromatic N) is 1. The summed E-state index contributed by atoms with van der Waals surface area (Å²) in [7, 11) is -4.00. The molecule has 25 heavy (non-hydrogen) atoms. The van der Waals surface area contributed by atoms with Gasteiger partial charge in [0.1, 0.15) is 11.4 Å². The van der Waals surface area contributed by atoms with Gasteiger partial charge in [-0.05, 0) is 27.2 Å². The first-order chi connectivity index (χ1) is 11.5. The molecule has 1 aromatic carbocycles. The molecule has 0 saturated heterocycles. The molecule has 2 N–H and O–H groups in total. The molecule has 1 aliphatic heterocycles. The largest absolute Gasteiger partial charge is 0.438 e. The average molecular weight is 374 g/mol. The van der Waals surface area contributed by atoms with Gasteiger partial charge < -0.3 is 19.8 Å². The van der Waals surface area contributed by atoms with Gasteiger partial charge in [0.2, 0.25) is 6.79 Å². The van der Waals surface area contributed by atoms with E-state index in [-0.39, 0.29) is 24.1 Å². The first-order valence-corrected chi connectivity index (χ1v) is 9.75. The Morgan fingerprint density at radius 2 is 2.00 bits per heavy atom. The molecule has 0 amide bonds. The van der Waals surface area contributed by atoms with Crippen molar-refractivity contribution in [2.24, 2.45) is 5.41 Å². The fraction of sp³-hybridized carbons (Fsp3) is 0.667. The van der Waals surface area contributed by atoms with Crippen molar-refractivity contribution in [2.75, 3.05) is 42.8 Å². The van der Waals surface area contributed by atoms with Crippen molar-refractivity contribution in [3.05, 3.63) is 20.4 Å². The first-order valence-electron chi connectivity index (χ1n) is 7.98. The molecule has 140 valence electrons. The lowest BCUT2D eigenvalue weighted by molar-refractivity contribution is -0.159. The number of fused-ring (bicyclic) bond motifs is 1. The van der Waals surface area contributed by atoms with Gasteiger partial charge in [-0.15, -0.1) is 0 Å². The molecule has 1 unspecified atom stereocenters. The number of rotatable bonds is 6. The third kappa shape index (κ3) is 4.68. The molecule has 1 atom stereocenters. The minimum atomic E-state index is -4.00. The second-order valence-electron chi connectivity index (χ2n) is 6.94. The molecule has 1 heterocycles. The molecule has 0 spiro atoms. The van der Waals surface area contributed by atoms with E-state index in [1.165, 1.54) is 0 Å². The highest BCUT2D eigenvalue weighted by Gasteiger charge is 2.30. The monoisotopic (exact) mass is 374 g/mol. The molecule has 9 nitrogen and oxygen atoms in total. The van der Waals surface area contributed by atoms with Crippen LogP contribution in [0.3, 0.4) is 0 Å². The Balaban J connectivity index is 1.89. The van der Waals surface area contributed by atoms with Crippen LogP contribution in [0, 0.1) is 5.41 Å². The minimum Gasteiger partial charge on any atom is -0.438 e. The summed E-state index contributed by atoms with van der Waals surface area (Å²) in [6.45, 7) is 5.49. The van der Waals surface area contributed by atoms with Crippen LogP contribution in [0.5, 0.6) is 0 Å². The summed E-state index contributed by atoms with van der Waals surface area (Å²) < 4.78 is 21.7. The van der Waals surface area contributed by atoms with E-state index in [0.717, 1.165) is 0 Å². The smallest absolute Gasteiger partial charge is 0.332 e. The molecule has 2 rings (SSSR count). The van der Waals surface area contributed by atoms with Crippen LogP contribution in [0.4, 0.5) is 11.4 Å². The predicted molar refractivity (Wildman–Crippen MR) is 92.9 cm³/mol. The molecule has 1 aromatic rings. The number of hydrogen-bond donors (Lipinski definition) is 2. The summed E-state index contributed by atoms with van der Waals surface area (Å²) in [6.07, 6.45) is 0.436. The molecule has 0 fully saturated rings. The Morgan fingerprint density at radius 3 is 2.64 bits per heavy atom. The molecule has 0 bridgehead atoms. The van der Waals surface area contributed by atoms with Gasteiger partial charge in [-0.2, -0.15) is 0 Å². The summed E-state index contributed by atoms with van der Waals surface area (Å²) >= 11 is 0. The minimum absolute atomic E-state index is 0.0839. The Bertz CT molecular complexity index is 761. The van der Waals surface area contributed by atoms with Gasteiger partial charge in [-0.3, -0.25) is 23.5 Å². The fourth-order valence-corrected chi connectivity index (χ4v) is 3.20. The average Bonchev–Trinajstić information content (AvgIpc) is 2.71. The second kappa shape index (κ2) is 7.27. The van der Waals surface area contributed by atoms with Gasteiger partial charge in [0, 0.05) is 19.6 Å². The molecule has 1 aliphatic rings. The third-order valence-corrected chi connectivity index (χ3v) is 5.09. The van der Waals surface area contributed by atoms with Gasteiger partial charge in [0.05, 0.1) is 11.6 Å². The summed E-state index contributed by atoms with van der Waals surface area (Å²) in [5.41, 5.74) is -1.34. The number of hydrogen-bond acceptors (Lipinski definition) is 8. The van der Waals surface area contributed by atoms with E-state index in [4.69, 9.17) is 9.26 Å². The number of ether oxygens (including phenoxy) is 1. The van der Waals surface area contributed by atoms with Crippen molar-refractivity contribution in [1.82, 2.24) is 0 Å². The fourth-order valence-electron chi connectivity index (χ4n) is 2.35. The molecule has 10 heteroatoms. The van der Waals surface area contributed by atoms with Crippen molar-refractivity contribution < 1.29 is 23.5 Å². The van der Waals surface area contributed by atoms with Gasteiger partial charge in [0.25, 0.3) is 10.9 Å². The quantitative estimate of drug-likeness (QED) is 0.320. The molecule has 0 radical (unpaired) electrons. The van der Waals surface area contributed by atoms with Crippen molar-refractivity contribution in [3.8, 4) is 0 Å². The Kier molecular flexibility index (Phi) is 5.71. The predicted octanol–water partition coefficient (Wildman–Crippen LogP) is 0.653. The van der Waals surface area contributed by atoms with Crippen LogP contribution in [0.25, 0.3) is 0 Å². The zero-order valence-corrected chi connectivity index (χ0v) is 15.4. The normalized spacial score (nSPS) is 17.4. The molecular formula is C15H23N2O7P. The van der Waals surface area contributed by atoms with E-state index >= 15 is 0 Å². The molecule has 0 aromatic heterocycles. The maximum Gasteiger partial charge on any atom is 0.332 e. The molecule has 0 aliphatic carbocycles. The third-order valence-electron chi connectivity index (χ3n) is 3.82. The summed E-state index contributed by atoms with van der Waals surface area (Å²) in [6, 6.07) is 0. The van der Waals surface area contributed by atoms with E-state index in [1.807, 2.05) is 0 Å². The number of carbonyl (C=O) groups excluding carboxylic acids is 1. The van der Waals surface area contributed by atoms with Crippen LogP contribution >= 0.6 is 7.60 Å². The van der Waals surface area contributed by atoms with Crippen molar-refractivity contribution in [3.63, 3.8) is 0 Å². The van der Waals surface area contributed by atoms with Crippen LogP contribution in [0.2, 0.25) is 0 Å². The van der Waals surface area contributed by atoms with E-state index in [1.54, 1.807) is 25.7 Å². The van der Waals surface area contributed by atoms with Crippen LogP contribution in [-0.2, 0) is 18.6 Å². The van der Waals surface area contributed by atoms with Gasteiger partial charge in [-0.25, -0.2) is 0 Å². The van der Waals surface area contributed by atoms with Crippen molar-refractivity contribution in [2.45, 2.75) is 27.2 Å². The van der Waals surface area contributed by atoms with Crippen LogP contribution in [-0.4, -0.2) is 43.5 Å². The van der Waals surface area contributed by atoms with Gasteiger partial charge >= 0.3 is 13.6 Å². The number of nitrogens with one attached hydrogen (secondary N) is 1. The highest BCUT2D eigenvalue weighted by molar-refractivity contribution is 7.52. The van der Waals surface area contributed by atoms with Crippen LogP contribution in [0.1, 0.15) is 27.2 Å². The van der Waals surface area contributed by atoms with Crippen molar-refractivity contribution >= 4 is 24.9 Å². The lowest BCUT2D eigenvalue weighted by atomic mass is 9.98. The summed E-state index contributed by atoms with van der Waals surface area (Å²) in [5.74, 6) is -0.542. The summed E-state index contributed by atoms with van der Waals surface area (Å²) in [4.78, 5) is 46.3. The summed E-state index contributed by atoms with van der Waals surface area (Å²) in [5, 5.41) is 2.90. The highest BCUT2D eigenvalue weighted by atomic mass is 31.2. The van der Waals surface area contributed by atoms with E-state index in [9.17, 15) is 23.8 Å². The zero-order valence-electron chi connectivity index (χ0n) is 14.5. The molecule has 0 saturated carbocycles. The molecular weight excluding hydrogens is 351 g/mol. The lowest BCUT2D eigenvalue weighted by Crippen LogP contribution is -2.42. The van der Waals surface area contributed by atoms with Gasteiger partial charge in [-0.1, -0.05) is 0 Å². The maximum absolute atomic E-state index is 12.1. The van der Waals surface area contributed by atoms with Crippen LogP contribution in [0.15, 0.2) is 9.59 Å². The maximum atomic E-state index is 12.1. The Morgan fingerprint density at radius 1 is 1.32 bits per heavy atom. The highest BCUT2D eigenvalue weighted by Crippen LogP contribution is 2.42. The Labute approximate surface area is 145 Å². The SMILES string of the molecule is CC(C)(C)C(=O)OCOP(=O)(O)CCN1CCCNc2c1c(=O)c2=O. The van der Waals surface area contributed by atoms with Crippen molar-refractivity contribution in [1.29, 1.82) is 0 Å². The number of carbonyl (C=O) groups is 1. The number of esters is 1. The van der Waals surface area contributed by atoms with Crippen LogP contribution < -0.4 is 21.1 Å². The lowest BCUT2D eigenvalue weighted by Gasteiger charge is -2.25.